The lowest BCUT2D eigenvalue weighted by atomic mass is 10.1. The molecule has 1 aromatic carbocycles. The van der Waals surface area contributed by atoms with Gasteiger partial charge in [-0.05, 0) is 92.7 Å². The molecular weight excluding hydrogens is 645 g/mol. The van der Waals surface area contributed by atoms with E-state index in [1.807, 2.05) is 12.1 Å². The van der Waals surface area contributed by atoms with Crippen LogP contribution in [0.4, 0.5) is 0 Å². The van der Waals surface area contributed by atoms with Crippen LogP contribution in [0.2, 0.25) is 0 Å². The Kier molecular flexibility index (Phi) is 12.3. The molecule has 0 fully saturated rings. The zero-order chi connectivity index (χ0) is 17.9. The first kappa shape index (κ1) is 22.7. The number of aliphatic carboxylic acids is 1. The molecule has 0 spiro atoms. The Labute approximate surface area is 186 Å². The lowest BCUT2D eigenvalue weighted by molar-refractivity contribution is -0.145. The van der Waals surface area contributed by atoms with E-state index in [1.165, 1.54) is 38.5 Å². The molecule has 1 atom stereocenters. The Morgan fingerprint density at radius 3 is 2.00 bits per heavy atom. The molecule has 0 aliphatic heterocycles. The molecular formula is C18H25I3O3. The highest BCUT2D eigenvalue weighted by Crippen LogP contribution is 2.31. The predicted octanol–water partition coefficient (Wildman–Crippen LogP) is 6.86. The maximum Gasteiger partial charge on any atom is 0.344 e. The molecule has 0 saturated heterocycles. The molecule has 0 heterocycles. The molecule has 0 aliphatic rings. The van der Waals surface area contributed by atoms with Crippen LogP contribution >= 0.6 is 67.8 Å². The molecule has 3 nitrogen and oxygen atoms in total. The van der Waals surface area contributed by atoms with Gasteiger partial charge in [0.2, 0.25) is 0 Å². The molecule has 1 rings (SSSR count). The van der Waals surface area contributed by atoms with Crippen molar-refractivity contribution in [3.05, 3.63) is 22.8 Å². The van der Waals surface area contributed by atoms with Gasteiger partial charge in [0, 0.05) is 3.57 Å². The van der Waals surface area contributed by atoms with E-state index in [4.69, 9.17) is 4.74 Å². The number of unbranched alkanes of at least 4 members (excludes halogenated alkanes) is 7. The summed E-state index contributed by atoms with van der Waals surface area (Å²) in [7, 11) is 0. The number of hydrogen-bond donors (Lipinski definition) is 1. The van der Waals surface area contributed by atoms with Gasteiger partial charge in [0.15, 0.2) is 6.10 Å². The summed E-state index contributed by atoms with van der Waals surface area (Å²) >= 11 is 6.67. The van der Waals surface area contributed by atoms with Gasteiger partial charge in [0.05, 0.1) is 7.14 Å². The van der Waals surface area contributed by atoms with E-state index in [2.05, 4.69) is 74.7 Å². The predicted molar refractivity (Wildman–Crippen MR) is 124 cm³/mol. The van der Waals surface area contributed by atoms with Gasteiger partial charge < -0.3 is 9.84 Å². The van der Waals surface area contributed by atoms with Gasteiger partial charge in [-0.3, -0.25) is 0 Å². The van der Waals surface area contributed by atoms with Crippen molar-refractivity contribution in [1.29, 1.82) is 0 Å². The van der Waals surface area contributed by atoms with Crippen molar-refractivity contribution >= 4 is 73.7 Å². The third kappa shape index (κ3) is 8.86. The van der Waals surface area contributed by atoms with E-state index in [-0.39, 0.29) is 0 Å². The Bertz CT molecular complexity index is 497. The van der Waals surface area contributed by atoms with Crippen LogP contribution in [0.25, 0.3) is 0 Å². The number of carbonyl (C=O) groups is 1. The fourth-order valence-electron chi connectivity index (χ4n) is 2.48. The van der Waals surface area contributed by atoms with Gasteiger partial charge in [0.25, 0.3) is 0 Å². The minimum atomic E-state index is -0.872. The third-order valence-electron chi connectivity index (χ3n) is 3.82. The second kappa shape index (κ2) is 12.9. The van der Waals surface area contributed by atoms with Crippen LogP contribution in [-0.2, 0) is 4.79 Å². The van der Waals surface area contributed by atoms with Crippen LogP contribution in [0.3, 0.4) is 0 Å². The van der Waals surface area contributed by atoms with E-state index in [9.17, 15) is 9.90 Å². The lowest BCUT2D eigenvalue weighted by Crippen LogP contribution is -2.27. The molecule has 0 radical (unpaired) electrons. The maximum absolute atomic E-state index is 11.5. The molecule has 136 valence electrons. The molecule has 24 heavy (non-hydrogen) atoms. The van der Waals surface area contributed by atoms with E-state index in [0.29, 0.717) is 12.2 Å². The maximum atomic E-state index is 11.5. The summed E-state index contributed by atoms with van der Waals surface area (Å²) in [5.41, 5.74) is 0. The van der Waals surface area contributed by atoms with Crippen molar-refractivity contribution in [3.63, 3.8) is 0 Å². The average molecular weight is 670 g/mol. The van der Waals surface area contributed by atoms with Gasteiger partial charge in [-0.1, -0.05) is 51.9 Å². The number of carboxylic acid groups (broad SMARTS) is 1. The highest BCUT2D eigenvalue weighted by Gasteiger charge is 2.21. The monoisotopic (exact) mass is 670 g/mol. The van der Waals surface area contributed by atoms with Crippen molar-refractivity contribution in [2.24, 2.45) is 0 Å². The fraction of sp³-hybridized carbons (Fsp3) is 0.611. The zero-order valence-corrected chi connectivity index (χ0v) is 20.5. The SMILES string of the molecule is CCCCCCCCCCC(Oc1c(I)cc(I)cc1I)C(=O)O. The standard InChI is InChI=1S/C18H25I3O3/c1-2-3-4-5-6-7-8-9-10-16(18(22)23)24-17-14(20)11-13(19)12-15(17)21/h11-12,16H,2-10H2,1H3,(H,22,23). The molecule has 0 amide bonds. The second-order valence-electron chi connectivity index (χ2n) is 5.91. The molecule has 0 saturated carbocycles. The number of carboxylic acids is 1. The first-order chi connectivity index (χ1) is 11.5. The lowest BCUT2D eigenvalue weighted by Gasteiger charge is -2.17. The summed E-state index contributed by atoms with van der Waals surface area (Å²) in [6.07, 6.45) is 9.46. The molecule has 0 aromatic heterocycles. The summed E-state index contributed by atoms with van der Waals surface area (Å²) in [4.78, 5) is 11.5. The van der Waals surface area contributed by atoms with Crippen LogP contribution in [0.1, 0.15) is 64.7 Å². The fourth-order valence-corrected chi connectivity index (χ4v) is 6.32. The summed E-state index contributed by atoms with van der Waals surface area (Å²) in [6.45, 7) is 2.22. The largest absolute Gasteiger partial charge is 0.479 e. The van der Waals surface area contributed by atoms with E-state index in [1.54, 1.807) is 0 Å². The first-order valence-electron chi connectivity index (χ1n) is 8.49. The molecule has 1 N–H and O–H groups in total. The zero-order valence-electron chi connectivity index (χ0n) is 14.0. The highest BCUT2D eigenvalue weighted by molar-refractivity contribution is 14.1. The molecule has 1 aromatic rings. The van der Waals surface area contributed by atoms with Crippen LogP contribution in [-0.4, -0.2) is 17.2 Å². The Balaban J connectivity index is 2.42. The second-order valence-corrected chi connectivity index (χ2v) is 9.48. The van der Waals surface area contributed by atoms with Gasteiger partial charge in [-0.2, -0.15) is 0 Å². The summed E-state index contributed by atoms with van der Waals surface area (Å²) in [5.74, 6) is -0.174. The first-order valence-corrected chi connectivity index (χ1v) is 11.7. The normalized spacial score (nSPS) is 12.2. The smallest absolute Gasteiger partial charge is 0.344 e. The number of ether oxygens (including phenoxy) is 1. The molecule has 0 bridgehead atoms. The Morgan fingerprint density at radius 1 is 1.00 bits per heavy atom. The van der Waals surface area contributed by atoms with Crippen LogP contribution in [0.15, 0.2) is 12.1 Å². The minimum Gasteiger partial charge on any atom is -0.479 e. The van der Waals surface area contributed by atoms with Crippen LogP contribution < -0.4 is 4.74 Å². The van der Waals surface area contributed by atoms with Crippen molar-refractivity contribution in [1.82, 2.24) is 0 Å². The third-order valence-corrected chi connectivity index (χ3v) is 6.04. The number of benzene rings is 1. The summed E-state index contributed by atoms with van der Waals surface area (Å²) < 4.78 is 8.89. The average Bonchev–Trinajstić information content (AvgIpc) is 2.50. The van der Waals surface area contributed by atoms with E-state index >= 15 is 0 Å². The summed E-state index contributed by atoms with van der Waals surface area (Å²) in [5, 5.41) is 9.44. The Morgan fingerprint density at radius 2 is 1.50 bits per heavy atom. The van der Waals surface area contributed by atoms with E-state index < -0.39 is 12.1 Å². The quantitative estimate of drug-likeness (QED) is 0.195. The van der Waals surface area contributed by atoms with Gasteiger partial charge in [0.1, 0.15) is 5.75 Å². The molecule has 1 unspecified atom stereocenters. The minimum absolute atomic E-state index is 0.572. The van der Waals surface area contributed by atoms with Crippen LogP contribution in [0.5, 0.6) is 5.75 Å². The molecule has 0 aliphatic carbocycles. The van der Waals surface area contributed by atoms with Crippen molar-refractivity contribution < 1.29 is 14.6 Å². The van der Waals surface area contributed by atoms with E-state index in [0.717, 1.165) is 23.6 Å². The van der Waals surface area contributed by atoms with Crippen molar-refractivity contribution in [3.8, 4) is 5.75 Å². The molecule has 6 heteroatoms. The Hall–Kier alpha value is 0.680. The number of hydrogen-bond acceptors (Lipinski definition) is 2. The number of halogens is 3. The van der Waals surface area contributed by atoms with Gasteiger partial charge >= 0.3 is 5.97 Å². The topological polar surface area (TPSA) is 46.5 Å². The summed E-state index contributed by atoms with van der Waals surface area (Å²) in [6, 6.07) is 4.02. The van der Waals surface area contributed by atoms with Gasteiger partial charge in [-0.25, -0.2) is 4.79 Å². The van der Waals surface area contributed by atoms with Crippen molar-refractivity contribution in [2.75, 3.05) is 0 Å². The van der Waals surface area contributed by atoms with Crippen molar-refractivity contribution in [2.45, 2.75) is 70.8 Å². The highest BCUT2D eigenvalue weighted by atomic mass is 127. The number of rotatable bonds is 12. The van der Waals surface area contributed by atoms with Gasteiger partial charge in [-0.15, -0.1) is 0 Å². The van der Waals surface area contributed by atoms with Crippen LogP contribution in [0, 0.1) is 10.7 Å².